The van der Waals surface area contributed by atoms with E-state index in [1.807, 2.05) is 20.8 Å². The lowest BCUT2D eigenvalue weighted by Gasteiger charge is -2.20. The topological polar surface area (TPSA) is 67.7 Å². The Bertz CT molecular complexity index is 574. The number of hydrogen-bond acceptors (Lipinski definition) is 4. The predicted octanol–water partition coefficient (Wildman–Crippen LogP) is 0.606. The summed E-state index contributed by atoms with van der Waals surface area (Å²) < 4.78 is 6.64. The molecule has 1 aromatic rings. The van der Waals surface area contributed by atoms with Crippen LogP contribution in [0.25, 0.3) is 0 Å². The van der Waals surface area contributed by atoms with Crippen LogP contribution in [0.15, 0.2) is 6.20 Å². The first-order valence-corrected chi connectivity index (χ1v) is 7.34. The van der Waals surface area contributed by atoms with E-state index in [1.165, 1.54) is 0 Å². The van der Waals surface area contributed by atoms with Crippen molar-refractivity contribution >= 4 is 11.8 Å². The molecule has 22 heavy (non-hydrogen) atoms. The SMILES string of the molecule is COCCN1CN(C(=O)c2cn(C)nc2C(C)(C)C)CC1=O. The highest BCUT2D eigenvalue weighted by Gasteiger charge is 2.34. The second kappa shape index (κ2) is 6.08. The van der Waals surface area contributed by atoms with E-state index < -0.39 is 0 Å². The van der Waals surface area contributed by atoms with E-state index in [2.05, 4.69) is 5.10 Å². The normalized spacial score (nSPS) is 15.8. The number of ether oxygens (including phenoxy) is 1. The molecule has 1 saturated heterocycles. The number of hydrogen-bond donors (Lipinski definition) is 0. The second-order valence-electron chi connectivity index (χ2n) is 6.61. The van der Waals surface area contributed by atoms with Crippen molar-refractivity contribution in [3.8, 4) is 0 Å². The van der Waals surface area contributed by atoms with Crippen molar-refractivity contribution in [1.29, 1.82) is 0 Å². The van der Waals surface area contributed by atoms with Crippen LogP contribution in [0.2, 0.25) is 0 Å². The molecule has 2 rings (SSSR count). The van der Waals surface area contributed by atoms with Gasteiger partial charge in [-0.15, -0.1) is 0 Å². The third-order valence-corrected chi connectivity index (χ3v) is 3.64. The Hall–Kier alpha value is -1.89. The number of aromatic nitrogens is 2. The molecule has 0 bridgehead atoms. The van der Waals surface area contributed by atoms with Crippen molar-refractivity contribution in [2.24, 2.45) is 7.05 Å². The van der Waals surface area contributed by atoms with Gasteiger partial charge in [0.1, 0.15) is 6.54 Å². The Morgan fingerprint density at radius 2 is 2.09 bits per heavy atom. The Balaban J connectivity index is 2.18. The van der Waals surface area contributed by atoms with Gasteiger partial charge in [0, 0.05) is 32.3 Å². The van der Waals surface area contributed by atoms with Crippen molar-refractivity contribution in [2.45, 2.75) is 26.2 Å². The average molecular weight is 308 g/mol. The molecule has 1 fully saturated rings. The fraction of sp³-hybridized carbons (Fsp3) is 0.667. The lowest BCUT2D eigenvalue weighted by atomic mass is 9.89. The average Bonchev–Trinajstić information content (AvgIpc) is 2.99. The summed E-state index contributed by atoms with van der Waals surface area (Å²) in [4.78, 5) is 27.9. The number of carbonyl (C=O) groups excluding carboxylic acids is 2. The van der Waals surface area contributed by atoms with E-state index in [4.69, 9.17) is 4.74 Å². The fourth-order valence-electron chi connectivity index (χ4n) is 2.50. The number of aryl methyl sites for hydroxylation is 1. The molecule has 0 spiro atoms. The molecule has 2 heterocycles. The van der Waals surface area contributed by atoms with Crippen LogP contribution < -0.4 is 0 Å². The number of amides is 2. The van der Waals surface area contributed by atoms with Gasteiger partial charge < -0.3 is 14.5 Å². The predicted molar refractivity (Wildman–Crippen MR) is 81.4 cm³/mol. The summed E-state index contributed by atoms with van der Waals surface area (Å²) >= 11 is 0. The van der Waals surface area contributed by atoms with Gasteiger partial charge in [0.2, 0.25) is 5.91 Å². The van der Waals surface area contributed by atoms with Crippen LogP contribution in [0, 0.1) is 0 Å². The number of nitrogens with zero attached hydrogens (tertiary/aromatic N) is 4. The van der Waals surface area contributed by atoms with Crippen molar-refractivity contribution < 1.29 is 14.3 Å². The largest absolute Gasteiger partial charge is 0.383 e. The maximum Gasteiger partial charge on any atom is 0.259 e. The molecule has 0 aromatic carbocycles. The zero-order valence-electron chi connectivity index (χ0n) is 13.9. The summed E-state index contributed by atoms with van der Waals surface area (Å²) in [6.07, 6.45) is 1.73. The maximum absolute atomic E-state index is 12.8. The monoisotopic (exact) mass is 308 g/mol. The summed E-state index contributed by atoms with van der Waals surface area (Å²) in [6.45, 7) is 7.44. The van der Waals surface area contributed by atoms with E-state index in [1.54, 1.807) is 34.8 Å². The third-order valence-electron chi connectivity index (χ3n) is 3.64. The number of rotatable bonds is 4. The quantitative estimate of drug-likeness (QED) is 0.817. The van der Waals surface area contributed by atoms with Crippen LogP contribution in [0.1, 0.15) is 36.8 Å². The molecule has 7 heteroatoms. The number of methoxy groups -OCH3 is 1. The lowest BCUT2D eigenvalue weighted by molar-refractivity contribution is -0.127. The van der Waals surface area contributed by atoms with Gasteiger partial charge in [0.15, 0.2) is 0 Å². The van der Waals surface area contributed by atoms with Crippen LogP contribution in [0.3, 0.4) is 0 Å². The van der Waals surface area contributed by atoms with Crippen molar-refractivity contribution in [3.63, 3.8) is 0 Å². The summed E-state index contributed by atoms with van der Waals surface area (Å²) in [5.74, 6) is -0.196. The maximum atomic E-state index is 12.8. The van der Waals surface area contributed by atoms with E-state index in [0.717, 1.165) is 5.69 Å². The third kappa shape index (κ3) is 3.30. The lowest BCUT2D eigenvalue weighted by Crippen LogP contribution is -2.33. The van der Waals surface area contributed by atoms with Gasteiger partial charge in [-0.2, -0.15) is 5.10 Å². The minimum absolute atomic E-state index is 0.0494. The first kappa shape index (κ1) is 16.5. The minimum Gasteiger partial charge on any atom is -0.383 e. The molecule has 0 unspecified atom stereocenters. The summed E-state index contributed by atoms with van der Waals surface area (Å²) in [7, 11) is 3.39. The first-order chi connectivity index (χ1) is 10.2. The van der Waals surface area contributed by atoms with Crippen molar-refractivity contribution in [2.75, 3.05) is 33.5 Å². The van der Waals surface area contributed by atoms with Crippen LogP contribution in [0.4, 0.5) is 0 Å². The fourth-order valence-corrected chi connectivity index (χ4v) is 2.50. The Morgan fingerprint density at radius 3 is 2.68 bits per heavy atom. The molecule has 0 N–H and O–H groups in total. The summed E-state index contributed by atoms with van der Waals surface area (Å²) in [6, 6.07) is 0. The highest BCUT2D eigenvalue weighted by molar-refractivity contribution is 5.98. The van der Waals surface area contributed by atoms with E-state index in [0.29, 0.717) is 25.4 Å². The molecule has 1 aliphatic rings. The number of carbonyl (C=O) groups is 2. The van der Waals surface area contributed by atoms with Crippen LogP contribution in [-0.2, 0) is 22.0 Å². The molecule has 122 valence electrons. The van der Waals surface area contributed by atoms with Gasteiger partial charge in [-0.3, -0.25) is 14.3 Å². The van der Waals surface area contributed by atoms with Crippen LogP contribution >= 0.6 is 0 Å². The zero-order chi connectivity index (χ0) is 16.5. The molecule has 1 aliphatic heterocycles. The molecular formula is C15H24N4O3. The van der Waals surface area contributed by atoms with Crippen molar-refractivity contribution in [3.05, 3.63) is 17.5 Å². The van der Waals surface area contributed by atoms with Gasteiger partial charge >= 0.3 is 0 Å². The summed E-state index contributed by atoms with van der Waals surface area (Å²) in [5.41, 5.74) is 1.09. The van der Waals surface area contributed by atoms with Crippen molar-refractivity contribution in [1.82, 2.24) is 19.6 Å². The smallest absolute Gasteiger partial charge is 0.259 e. The van der Waals surface area contributed by atoms with Crippen LogP contribution in [0.5, 0.6) is 0 Å². The van der Waals surface area contributed by atoms with Crippen LogP contribution in [-0.4, -0.2) is 64.9 Å². The molecule has 2 amide bonds. The highest BCUT2D eigenvalue weighted by Crippen LogP contribution is 2.25. The van der Waals surface area contributed by atoms with E-state index in [9.17, 15) is 9.59 Å². The van der Waals surface area contributed by atoms with E-state index in [-0.39, 0.29) is 23.8 Å². The van der Waals surface area contributed by atoms with Gasteiger partial charge in [-0.05, 0) is 0 Å². The first-order valence-electron chi connectivity index (χ1n) is 7.34. The molecule has 0 aliphatic carbocycles. The zero-order valence-corrected chi connectivity index (χ0v) is 13.9. The second-order valence-corrected chi connectivity index (χ2v) is 6.61. The molecule has 0 radical (unpaired) electrons. The Kier molecular flexibility index (Phi) is 4.55. The molecule has 7 nitrogen and oxygen atoms in total. The Morgan fingerprint density at radius 1 is 1.41 bits per heavy atom. The minimum atomic E-state index is -0.230. The molecular weight excluding hydrogens is 284 g/mol. The highest BCUT2D eigenvalue weighted by atomic mass is 16.5. The molecule has 1 aromatic heterocycles. The molecule has 0 saturated carbocycles. The van der Waals surface area contributed by atoms with Gasteiger partial charge in [0.25, 0.3) is 5.91 Å². The van der Waals surface area contributed by atoms with Gasteiger partial charge in [-0.1, -0.05) is 20.8 Å². The summed E-state index contributed by atoms with van der Waals surface area (Å²) in [5, 5.41) is 4.41. The van der Waals surface area contributed by atoms with Gasteiger partial charge in [0.05, 0.1) is 24.5 Å². The Labute approximate surface area is 130 Å². The van der Waals surface area contributed by atoms with Gasteiger partial charge in [-0.25, -0.2) is 0 Å². The van der Waals surface area contributed by atoms with E-state index >= 15 is 0 Å². The standard InChI is InChI=1S/C15H24N4O3/c1-15(2,3)13-11(8-17(4)16-13)14(21)19-9-12(20)18(10-19)6-7-22-5/h8H,6-7,9-10H2,1-5H3. The molecule has 0 atom stereocenters.